The summed E-state index contributed by atoms with van der Waals surface area (Å²) in [6, 6.07) is 11.4. The fourth-order valence-electron chi connectivity index (χ4n) is 1.85. The van der Waals surface area contributed by atoms with Gasteiger partial charge in [0.25, 0.3) is 0 Å². The molecule has 0 saturated heterocycles. The van der Waals surface area contributed by atoms with Crippen LogP contribution in [0.2, 0.25) is 0 Å². The van der Waals surface area contributed by atoms with Crippen LogP contribution in [0, 0.1) is 0 Å². The van der Waals surface area contributed by atoms with Crippen molar-refractivity contribution in [1.82, 2.24) is 0 Å². The van der Waals surface area contributed by atoms with Gasteiger partial charge in [-0.3, -0.25) is 0 Å². The predicted octanol–water partition coefficient (Wildman–Crippen LogP) is 3.84. The summed E-state index contributed by atoms with van der Waals surface area (Å²) < 4.78 is 0. The Labute approximate surface area is 101 Å². The van der Waals surface area contributed by atoms with Crippen molar-refractivity contribution >= 4 is 16.7 Å². The number of aromatic carboxylic acids is 1. The van der Waals surface area contributed by atoms with Crippen molar-refractivity contribution in [1.29, 1.82) is 0 Å². The van der Waals surface area contributed by atoms with Gasteiger partial charge in [0.2, 0.25) is 0 Å². The zero-order valence-electron chi connectivity index (χ0n) is 10.3. The average Bonchev–Trinajstić information content (AvgIpc) is 2.26. The standard InChI is InChI=1S/C15H16O2/c1-15(2,3)13-7-6-10-8-12(14(16)17)5-4-11(10)9-13/h4-9H,1-3H3,(H,16,17). The van der Waals surface area contributed by atoms with Gasteiger partial charge in [-0.15, -0.1) is 0 Å². The second-order valence-corrected chi connectivity index (χ2v) is 5.33. The number of hydrogen-bond donors (Lipinski definition) is 1. The van der Waals surface area contributed by atoms with E-state index in [0.29, 0.717) is 5.56 Å². The Morgan fingerprint density at radius 2 is 1.59 bits per heavy atom. The number of rotatable bonds is 1. The molecule has 2 heteroatoms. The SMILES string of the molecule is CC(C)(C)c1ccc2cc(C(=O)O)ccc2c1. The van der Waals surface area contributed by atoms with Crippen LogP contribution in [0.1, 0.15) is 36.7 Å². The molecule has 1 N–H and O–H groups in total. The lowest BCUT2D eigenvalue weighted by Crippen LogP contribution is -2.10. The maximum absolute atomic E-state index is 10.9. The molecular weight excluding hydrogens is 212 g/mol. The largest absolute Gasteiger partial charge is 0.478 e. The first kappa shape index (κ1) is 11.6. The van der Waals surface area contributed by atoms with E-state index in [0.717, 1.165) is 10.8 Å². The fraction of sp³-hybridized carbons (Fsp3) is 0.267. The van der Waals surface area contributed by atoms with Crippen LogP contribution < -0.4 is 0 Å². The molecule has 2 nitrogen and oxygen atoms in total. The molecule has 0 aliphatic carbocycles. The van der Waals surface area contributed by atoms with Gasteiger partial charge < -0.3 is 5.11 Å². The van der Waals surface area contributed by atoms with Crippen molar-refractivity contribution in [3.63, 3.8) is 0 Å². The first-order valence-corrected chi connectivity index (χ1v) is 5.65. The van der Waals surface area contributed by atoms with E-state index >= 15 is 0 Å². The minimum absolute atomic E-state index is 0.111. The number of hydrogen-bond acceptors (Lipinski definition) is 1. The van der Waals surface area contributed by atoms with Crippen molar-refractivity contribution in [2.45, 2.75) is 26.2 Å². The molecular formula is C15H16O2. The first-order valence-electron chi connectivity index (χ1n) is 5.65. The summed E-state index contributed by atoms with van der Waals surface area (Å²) in [5, 5.41) is 11.0. The average molecular weight is 228 g/mol. The molecule has 0 aliphatic rings. The van der Waals surface area contributed by atoms with E-state index in [1.807, 2.05) is 12.1 Å². The molecule has 0 aromatic heterocycles. The van der Waals surface area contributed by atoms with E-state index in [9.17, 15) is 4.79 Å². The minimum Gasteiger partial charge on any atom is -0.478 e. The lowest BCUT2D eigenvalue weighted by Gasteiger charge is -2.19. The Balaban J connectivity index is 2.58. The molecule has 0 fully saturated rings. The molecule has 17 heavy (non-hydrogen) atoms. The van der Waals surface area contributed by atoms with Gasteiger partial charge in [0.05, 0.1) is 5.56 Å². The van der Waals surface area contributed by atoms with Crippen molar-refractivity contribution in [2.24, 2.45) is 0 Å². The molecule has 0 bridgehead atoms. The van der Waals surface area contributed by atoms with Crippen molar-refractivity contribution < 1.29 is 9.90 Å². The summed E-state index contributed by atoms with van der Waals surface area (Å²) in [6.45, 7) is 6.50. The van der Waals surface area contributed by atoms with E-state index in [4.69, 9.17) is 5.11 Å². The van der Waals surface area contributed by atoms with Crippen LogP contribution in [0.25, 0.3) is 10.8 Å². The van der Waals surface area contributed by atoms with E-state index < -0.39 is 5.97 Å². The van der Waals surface area contributed by atoms with E-state index in [1.54, 1.807) is 12.1 Å². The van der Waals surface area contributed by atoms with Gasteiger partial charge in [-0.2, -0.15) is 0 Å². The summed E-state index contributed by atoms with van der Waals surface area (Å²) >= 11 is 0. The number of fused-ring (bicyclic) bond motifs is 1. The Hall–Kier alpha value is -1.83. The van der Waals surface area contributed by atoms with E-state index in [-0.39, 0.29) is 5.41 Å². The lowest BCUT2D eigenvalue weighted by molar-refractivity contribution is 0.0697. The molecule has 2 rings (SSSR count). The van der Waals surface area contributed by atoms with Crippen molar-refractivity contribution in [3.05, 3.63) is 47.5 Å². The van der Waals surface area contributed by atoms with E-state index in [2.05, 4.69) is 32.9 Å². The summed E-state index contributed by atoms with van der Waals surface area (Å²) in [4.78, 5) is 10.9. The highest BCUT2D eigenvalue weighted by Gasteiger charge is 2.14. The van der Waals surface area contributed by atoms with Crippen LogP contribution in [0.15, 0.2) is 36.4 Å². The van der Waals surface area contributed by atoms with Gasteiger partial charge in [0, 0.05) is 0 Å². The van der Waals surface area contributed by atoms with Crippen LogP contribution in [0.3, 0.4) is 0 Å². The maximum atomic E-state index is 10.9. The molecule has 0 amide bonds. The van der Waals surface area contributed by atoms with Gasteiger partial charge in [0.15, 0.2) is 0 Å². The minimum atomic E-state index is -0.883. The Kier molecular flexibility index (Phi) is 2.66. The summed E-state index contributed by atoms with van der Waals surface area (Å²) in [7, 11) is 0. The monoisotopic (exact) mass is 228 g/mol. The topological polar surface area (TPSA) is 37.3 Å². The van der Waals surface area contributed by atoms with Crippen LogP contribution >= 0.6 is 0 Å². The zero-order valence-corrected chi connectivity index (χ0v) is 10.3. The quantitative estimate of drug-likeness (QED) is 0.805. The molecule has 0 atom stereocenters. The van der Waals surface area contributed by atoms with Crippen LogP contribution in [0.5, 0.6) is 0 Å². The third-order valence-electron chi connectivity index (χ3n) is 2.95. The smallest absolute Gasteiger partial charge is 0.335 e. The van der Waals surface area contributed by atoms with Gasteiger partial charge in [-0.25, -0.2) is 4.79 Å². The molecule has 0 spiro atoms. The number of carboxylic acid groups (broad SMARTS) is 1. The highest BCUT2D eigenvalue weighted by Crippen LogP contribution is 2.26. The van der Waals surface area contributed by atoms with Crippen LogP contribution in [-0.4, -0.2) is 11.1 Å². The molecule has 0 unspecified atom stereocenters. The summed E-state index contributed by atoms with van der Waals surface area (Å²) in [5.41, 5.74) is 1.70. The number of benzene rings is 2. The van der Waals surface area contributed by atoms with E-state index in [1.165, 1.54) is 5.56 Å². The molecule has 0 aliphatic heterocycles. The highest BCUT2D eigenvalue weighted by molar-refractivity contribution is 5.94. The van der Waals surface area contributed by atoms with Crippen molar-refractivity contribution in [3.8, 4) is 0 Å². The summed E-state index contributed by atoms with van der Waals surface area (Å²) in [6.07, 6.45) is 0. The van der Waals surface area contributed by atoms with Crippen LogP contribution in [0.4, 0.5) is 0 Å². The van der Waals surface area contributed by atoms with Gasteiger partial charge in [-0.05, 0) is 33.9 Å². The van der Waals surface area contributed by atoms with Gasteiger partial charge in [-0.1, -0.05) is 45.0 Å². The highest BCUT2D eigenvalue weighted by atomic mass is 16.4. The molecule has 0 heterocycles. The molecule has 0 radical (unpaired) electrons. The van der Waals surface area contributed by atoms with Gasteiger partial charge in [0.1, 0.15) is 0 Å². The van der Waals surface area contributed by atoms with Crippen molar-refractivity contribution in [2.75, 3.05) is 0 Å². The summed E-state index contributed by atoms with van der Waals surface area (Å²) in [5.74, 6) is -0.883. The Morgan fingerprint density at radius 1 is 1.00 bits per heavy atom. The molecule has 2 aromatic carbocycles. The molecule has 2 aromatic rings. The Bertz CT molecular complexity index is 577. The lowest BCUT2D eigenvalue weighted by atomic mass is 9.86. The fourth-order valence-corrected chi connectivity index (χ4v) is 1.85. The second-order valence-electron chi connectivity index (χ2n) is 5.33. The predicted molar refractivity (Wildman–Crippen MR) is 69.6 cm³/mol. The number of carboxylic acids is 1. The molecule has 0 saturated carbocycles. The first-order chi connectivity index (χ1) is 7.88. The molecule has 88 valence electrons. The second kappa shape index (κ2) is 3.88. The van der Waals surface area contributed by atoms with Crippen LogP contribution in [-0.2, 0) is 5.41 Å². The van der Waals surface area contributed by atoms with Gasteiger partial charge >= 0.3 is 5.97 Å². The third kappa shape index (κ3) is 2.31. The maximum Gasteiger partial charge on any atom is 0.335 e. The third-order valence-corrected chi connectivity index (χ3v) is 2.95. The zero-order chi connectivity index (χ0) is 12.6. The Morgan fingerprint density at radius 3 is 2.18 bits per heavy atom. The number of carbonyl (C=O) groups is 1. The normalized spacial score (nSPS) is 11.7.